The first-order valence-corrected chi connectivity index (χ1v) is 8.80. The van der Waals surface area contributed by atoms with Crippen molar-refractivity contribution in [2.75, 3.05) is 20.7 Å². The van der Waals surface area contributed by atoms with Gasteiger partial charge in [0.1, 0.15) is 5.75 Å². The van der Waals surface area contributed by atoms with Crippen LogP contribution in [0.3, 0.4) is 0 Å². The first-order chi connectivity index (χ1) is 12.3. The summed E-state index contributed by atoms with van der Waals surface area (Å²) in [4.78, 5) is 10.8. The van der Waals surface area contributed by atoms with Crippen LogP contribution in [0.5, 0.6) is 5.75 Å². The highest BCUT2D eigenvalue weighted by Gasteiger charge is 2.21. The average Bonchev–Trinajstić information content (AvgIpc) is 3.07. The van der Waals surface area contributed by atoms with E-state index < -0.39 is 0 Å². The lowest BCUT2D eigenvalue weighted by molar-refractivity contribution is 0.318. The molecule has 1 N–H and O–H groups in total. The van der Waals surface area contributed by atoms with Crippen LogP contribution in [-0.4, -0.2) is 41.7 Å². The van der Waals surface area contributed by atoms with Crippen LogP contribution in [0.2, 0.25) is 0 Å². The van der Waals surface area contributed by atoms with Crippen molar-refractivity contribution in [2.24, 2.45) is 4.99 Å². The number of rotatable bonds is 6. The summed E-state index contributed by atoms with van der Waals surface area (Å²) in [5.41, 5.74) is 1.02. The van der Waals surface area contributed by atoms with E-state index in [9.17, 15) is 0 Å². The summed E-state index contributed by atoms with van der Waals surface area (Å²) in [5.74, 6) is 2.90. The molecular weight excluding hydrogens is 457 g/mol. The third-order valence-electron chi connectivity index (χ3n) is 3.74. The van der Waals surface area contributed by atoms with E-state index in [0.29, 0.717) is 24.9 Å². The zero-order valence-corrected chi connectivity index (χ0v) is 19.3. The Morgan fingerprint density at radius 2 is 1.93 bits per heavy atom. The minimum absolute atomic E-state index is 0. The van der Waals surface area contributed by atoms with Crippen molar-refractivity contribution in [1.29, 1.82) is 0 Å². The van der Waals surface area contributed by atoms with Gasteiger partial charge < -0.3 is 19.5 Å². The molecule has 27 heavy (non-hydrogen) atoms. The number of halogens is 1. The van der Waals surface area contributed by atoms with Crippen LogP contribution in [0.15, 0.2) is 33.8 Å². The summed E-state index contributed by atoms with van der Waals surface area (Å²) < 4.78 is 10.8. The number of aromatic nitrogens is 2. The standard InChI is InChI=1S/C19H29N5O2.HI/c1-7-25-15-10-8-14(9-11-15)13-24(6)18(20-5)21-12-16-22-17(26-23-16)19(2,3)4;/h8-11H,7,12-13H2,1-6H3,(H,20,21);1H. The molecule has 0 aliphatic heterocycles. The van der Waals surface area contributed by atoms with Gasteiger partial charge in [-0.1, -0.05) is 38.1 Å². The highest BCUT2D eigenvalue weighted by molar-refractivity contribution is 14.0. The lowest BCUT2D eigenvalue weighted by Crippen LogP contribution is -2.38. The van der Waals surface area contributed by atoms with Crippen molar-refractivity contribution in [1.82, 2.24) is 20.4 Å². The zero-order valence-electron chi connectivity index (χ0n) is 16.9. The van der Waals surface area contributed by atoms with E-state index in [1.165, 1.54) is 5.56 Å². The smallest absolute Gasteiger partial charge is 0.232 e. The van der Waals surface area contributed by atoms with E-state index >= 15 is 0 Å². The van der Waals surface area contributed by atoms with Crippen LogP contribution in [0.4, 0.5) is 0 Å². The molecule has 0 aliphatic carbocycles. The van der Waals surface area contributed by atoms with Gasteiger partial charge in [-0.2, -0.15) is 4.98 Å². The van der Waals surface area contributed by atoms with E-state index in [4.69, 9.17) is 9.26 Å². The van der Waals surface area contributed by atoms with E-state index in [1.807, 2.05) is 51.8 Å². The number of benzene rings is 1. The summed E-state index contributed by atoms with van der Waals surface area (Å²) in [5, 5.41) is 7.29. The maximum Gasteiger partial charge on any atom is 0.232 e. The molecule has 0 aliphatic rings. The van der Waals surface area contributed by atoms with Crippen LogP contribution in [0, 0.1) is 0 Å². The first kappa shape index (κ1) is 23.2. The lowest BCUT2D eigenvalue weighted by Gasteiger charge is -2.21. The molecule has 0 unspecified atom stereocenters. The largest absolute Gasteiger partial charge is 0.494 e. The fourth-order valence-corrected chi connectivity index (χ4v) is 2.38. The minimum atomic E-state index is -0.155. The maximum atomic E-state index is 5.48. The van der Waals surface area contributed by atoms with Crippen molar-refractivity contribution >= 4 is 29.9 Å². The van der Waals surface area contributed by atoms with Gasteiger partial charge in [0.15, 0.2) is 11.8 Å². The molecule has 0 atom stereocenters. The van der Waals surface area contributed by atoms with E-state index in [2.05, 4.69) is 32.6 Å². The molecule has 2 rings (SSSR count). The SMILES string of the molecule is CCOc1ccc(CN(C)C(=NC)NCc2noc(C(C)(C)C)n2)cc1.I. The Kier molecular flexibility index (Phi) is 9.01. The number of guanidine groups is 1. The Morgan fingerprint density at radius 3 is 2.44 bits per heavy atom. The van der Waals surface area contributed by atoms with Crippen LogP contribution in [0.25, 0.3) is 0 Å². The van der Waals surface area contributed by atoms with Crippen molar-refractivity contribution in [3.8, 4) is 5.75 Å². The van der Waals surface area contributed by atoms with Gasteiger partial charge in [-0.05, 0) is 24.6 Å². The molecule has 0 fully saturated rings. The third kappa shape index (κ3) is 7.00. The highest BCUT2D eigenvalue weighted by Crippen LogP contribution is 2.19. The summed E-state index contributed by atoms with van der Waals surface area (Å²) in [6, 6.07) is 8.08. The predicted octanol–water partition coefficient (Wildman–Crippen LogP) is 3.59. The molecule has 2 aromatic rings. The van der Waals surface area contributed by atoms with E-state index in [0.717, 1.165) is 18.3 Å². The summed E-state index contributed by atoms with van der Waals surface area (Å²) >= 11 is 0. The number of nitrogens with zero attached hydrogens (tertiary/aromatic N) is 4. The molecule has 0 spiro atoms. The third-order valence-corrected chi connectivity index (χ3v) is 3.74. The highest BCUT2D eigenvalue weighted by atomic mass is 127. The molecule has 1 aromatic carbocycles. The van der Waals surface area contributed by atoms with Gasteiger partial charge in [-0.3, -0.25) is 4.99 Å². The fourth-order valence-electron chi connectivity index (χ4n) is 2.38. The van der Waals surface area contributed by atoms with Gasteiger partial charge in [0, 0.05) is 26.1 Å². The number of aliphatic imine (C=N–C) groups is 1. The Morgan fingerprint density at radius 1 is 1.26 bits per heavy atom. The van der Waals surface area contributed by atoms with Gasteiger partial charge in [0.25, 0.3) is 0 Å². The molecule has 7 nitrogen and oxygen atoms in total. The molecule has 150 valence electrons. The second-order valence-electron chi connectivity index (χ2n) is 7.10. The molecule has 0 saturated carbocycles. The molecule has 0 bridgehead atoms. The van der Waals surface area contributed by atoms with Crippen LogP contribution in [-0.2, 0) is 18.5 Å². The number of hydrogen-bond donors (Lipinski definition) is 1. The molecule has 0 amide bonds. The lowest BCUT2D eigenvalue weighted by atomic mass is 9.97. The molecular formula is C19H30IN5O2. The van der Waals surface area contributed by atoms with Gasteiger partial charge in [0.05, 0.1) is 13.2 Å². The van der Waals surface area contributed by atoms with E-state index in [1.54, 1.807) is 7.05 Å². The second kappa shape index (κ2) is 10.5. The van der Waals surface area contributed by atoms with Crippen molar-refractivity contribution in [3.63, 3.8) is 0 Å². The quantitative estimate of drug-likeness (QED) is 0.382. The van der Waals surface area contributed by atoms with Crippen molar-refractivity contribution in [2.45, 2.75) is 46.2 Å². The van der Waals surface area contributed by atoms with Crippen LogP contribution < -0.4 is 10.1 Å². The molecule has 1 heterocycles. The Bertz CT molecular complexity index is 722. The summed E-state index contributed by atoms with van der Waals surface area (Å²) in [7, 11) is 3.75. The van der Waals surface area contributed by atoms with Crippen LogP contribution >= 0.6 is 24.0 Å². The van der Waals surface area contributed by atoms with Gasteiger partial charge in [-0.15, -0.1) is 24.0 Å². The second-order valence-corrected chi connectivity index (χ2v) is 7.10. The maximum absolute atomic E-state index is 5.48. The van der Waals surface area contributed by atoms with Crippen molar-refractivity contribution in [3.05, 3.63) is 41.5 Å². The fraction of sp³-hybridized carbons (Fsp3) is 0.526. The minimum Gasteiger partial charge on any atom is -0.494 e. The average molecular weight is 487 g/mol. The van der Waals surface area contributed by atoms with Gasteiger partial charge in [-0.25, -0.2) is 0 Å². The number of nitrogens with one attached hydrogen (secondary N) is 1. The first-order valence-electron chi connectivity index (χ1n) is 8.80. The Balaban J connectivity index is 0.00000364. The van der Waals surface area contributed by atoms with E-state index in [-0.39, 0.29) is 29.4 Å². The van der Waals surface area contributed by atoms with Gasteiger partial charge in [0.2, 0.25) is 5.89 Å². The molecule has 8 heteroatoms. The number of ether oxygens (including phenoxy) is 1. The molecule has 0 saturated heterocycles. The topological polar surface area (TPSA) is 75.8 Å². The number of hydrogen-bond acceptors (Lipinski definition) is 5. The predicted molar refractivity (Wildman–Crippen MR) is 118 cm³/mol. The zero-order chi connectivity index (χ0) is 19.2. The Labute approximate surface area is 178 Å². The summed E-state index contributed by atoms with van der Waals surface area (Å²) in [6.07, 6.45) is 0. The van der Waals surface area contributed by atoms with Gasteiger partial charge >= 0.3 is 0 Å². The molecule has 1 aromatic heterocycles. The summed E-state index contributed by atoms with van der Waals surface area (Å²) in [6.45, 7) is 9.96. The normalized spacial score (nSPS) is 11.7. The monoisotopic (exact) mass is 487 g/mol. The van der Waals surface area contributed by atoms with Crippen molar-refractivity contribution < 1.29 is 9.26 Å². The van der Waals surface area contributed by atoms with Crippen LogP contribution in [0.1, 0.15) is 45.0 Å². The Hall–Kier alpha value is -1.84. The molecule has 0 radical (unpaired) electrons.